The van der Waals surface area contributed by atoms with Crippen LogP contribution in [0.3, 0.4) is 0 Å². The number of nitrogens with one attached hydrogen (secondary N) is 1. The lowest BCUT2D eigenvalue weighted by molar-refractivity contribution is 0.571. The van der Waals surface area contributed by atoms with Crippen molar-refractivity contribution in [2.45, 2.75) is 26.3 Å². The van der Waals surface area contributed by atoms with Gasteiger partial charge in [-0.2, -0.15) is 0 Å². The van der Waals surface area contributed by atoms with E-state index in [0.717, 1.165) is 24.1 Å². The highest BCUT2D eigenvalue weighted by atomic mass is 19.1. The maximum Gasteiger partial charge on any atom is 0.123 e. The van der Waals surface area contributed by atoms with Gasteiger partial charge in [0, 0.05) is 6.04 Å². The van der Waals surface area contributed by atoms with Gasteiger partial charge in [0.15, 0.2) is 0 Å². The van der Waals surface area contributed by atoms with E-state index in [1.54, 1.807) is 12.1 Å². The summed E-state index contributed by atoms with van der Waals surface area (Å²) in [5, 5.41) is 3.46. The molecule has 2 aromatic carbocycles. The maximum absolute atomic E-state index is 13.2. The molecule has 0 fully saturated rings. The largest absolute Gasteiger partial charge is 0.310 e. The first-order valence-corrected chi connectivity index (χ1v) is 6.80. The molecule has 0 aliphatic carbocycles. The first-order chi connectivity index (χ1) is 9.20. The van der Waals surface area contributed by atoms with Crippen molar-refractivity contribution in [2.24, 2.45) is 0 Å². The van der Waals surface area contributed by atoms with E-state index in [1.807, 2.05) is 18.2 Å². The van der Waals surface area contributed by atoms with Crippen LogP contribution in [-0.4, -0.2) is 6.54 Å². The van der Waals surface area contributed by atoms with Crippen LogP contribution in [0.1, 0.15) is 31.9 Å². The minimum absolute atomic E-state index is 0.195. The van der Waals surface area contributed by atoms with E-state index in [0.29, 0.717) is 6.04 Å². The summed E-state index contributed by atoms with van der Waals surface area (Å²) < 4.78 is 13.2. The molecule has 0 heterocycles. The summed E-state index contributed by atoms with van der Waals surface area (Å²) in [5.41, 5.74) is 3.22. The molecule has 0 spiro atoms. The van der Waals surface area contributed by atoms with Gasteiger partial charge in [-0.05, 0) is 48.7 Å². The monoisotopic (exact) mass is 257 g/mol. The third kappa shape index (κ3) is 3.65. The molecular formula is C17H20FN. The van der Waals surface area contributed by atoms with Crippen molar-refractivity contribution in [1.29, 1.82) is 0 Å². The van der Waals surface area contributed by atoms with E-state index in [-0.39, 0.29) is 5.82 Å². The van der Waals surface area contributed by atoms with Gasteiger partial charge in [-0.1, -0.05) is 43.3 Å². The van der Waals surface area contributed by atoms with E-state index in [2.05, 4.69) is 31.3 Å². The summed E-state index contributed by atoms with van der Waals surface area (Å²) in [6, 6.07) is 15.4. The van der Waals surface area contributed by atoms with Crippen molar-refractivity contribution >= 4 is 0 Å². The van der Waals surface area contributed by atoms with Gasteiger partial charge in [0.1, 0.15) is 5.82 Å². The van der Waals surface area contributed by atoms with Crippen molar-refractivity contribution < 1.29 is 4.39 Å². The highest BCUT2D eigenvalue weighted by Crippen LogP contribution is 2.22. The molecule has 100 valence electrons. The highest BCUT2D eigenvalue weighted by molar-refractivity contribution is 5.63. The van der Waals surface area contributed by atoms with Gasteiger partial charge < -0.3 is 5.32 Å². The third-order valence-electron chi connectivity index (χ3n) is 3.27. The average molecular weight is 257 g/mol. The Hall–Kier alpha value is -1.67. The lowest BCUT2D eigenvalue weighted by Crippen LogP contribution is -2.19. The van der Waals surface area contributed by atoms with Gasteiger partial charge >= 0.3 is 0 Å². The molecule has 1 atom stereocenters. The summed E-state index contributed by atoms with van der Waals surface area (Å²) in [6.07, 6.45) is 1.13. The fourth-order valence-corrected chi connectivity index (χ4v) is 2.11. The van der Waals surface area contributed by atoms with E-state index in [1.165, 1.54) is 11.6 Å². The molecule has 0 radical (unpaired) electrons. The molecule has 0 saturated carbocycles. The van der Waals surface area contributed by atoms with Gasteiger partial charge in [0.25, 0.3) is 0 Å². The molecule has 2 rings (SSSR count). The molecule has 0 bridgehead atoms. The van der Waals surface area contributed by atoms with E-state index in [4.69, 9.17) is 0 Å². The Morgan fingerprint density at radius 3 is 2.42 bits per heavy atom. The number of halogens is 1. The van der Waals surface area contributed by atoms with Gasteiger partial charge in [-0.3, -0.25) is 0 Å². The topological polar surface area (TPSA) is 12.0 Å². The van der Waals surface area contributed by atoms with Crippen LogP contribution in [0.5, 0.6) is 0 Å². The van der Waals surface area contributed by atoms with Crippen molar-refractivity contribution in [2.75, 3.05) is 6.54 Å². The second-order valence-corrected chi connectivity index (χ2v) is 4.81. The van der Waals surface area contributed by atoms with Crippen LogP contribution in [0.2, 0.25) is 0 Å². The Balaban J connectivity index is 2.14. The van der Waals surface area contributed by atoms with Crippen molar-refractivity contribution in [1.82, 2.24) is 5.32 Å². The number of hydrogen-bond acceptors (Lipinski definition) is 1. The van der Waals surface area contributed by atoms with Crippen molar-refractivity contribution in [3.63, 3.8) is 0 Å². The molecule has 2 aromatic rings. The van der Waals surface area contributed by atoms with E-state index in [9.17, 15) is 4.39 Å². The zero-order chi connectivity index (χ0) is 13.7. The lowest BCUT2D eigenvalue weighted by Gasteiger charge is -2.14. The predicted molar refractivity (Wildman–Crippen MR) is 78.5 cm³/mol. The molecule has 0 aliphatic heterocycles. The first-order valence-electron chi connectivity index (χ1n) is 6.80. The lowest BCUT2D eigenvalue weighted by atomic mass is 10.0. The zero-order valence-electron chi connectivity index (χ0n) is 11.5. The predicted octanol–water partition coefficient (Wildman–Crippen LogP) is 4.55. The molecule has 1 N–H and O–H groups in total. The van der Waals surface area contributed by atoms with Crippen LogP contribution in [0.15, 0.2) is 48.5 Å². The van der Waals surface area contributed by atoms with Gasteiger partial charge in [0.05, 0.1) is 0 Å². The molecule has 19 heavy (non-hydrogen) atoms. The molecular weight excluding hydrogens is 237 g/mol. The second-order valence-electron chi connectivity index (χ2n) is 4.81. The van der Waals surface area contributed by atoms with Crippen molar-refractivity contribution in [3.8, 4) is 11.1 Å². The van der Waals surface area contributed by atoms with Gasteiger partial charge in [-0.15, -0.1) is 0 Å². The quantitative estimate of drug-likeness (QED) is 0.828. The van der Waals surface area contributed by atoms with Gasteiger partial charge in [0.2, 0.25) is 0 Å². The number of benzene rings is 2. The van der Waals surface area contributed by atoms with Crippen LogP contribution in [-0.2, 0) is 0 Å². The fourth-order valence-electron chi connectivity index (χ4n) is 2.11. The van der Waals surface area contributed by atoms with Crippen LogP contribution in [0.4, 0.5) is 4.39 Å². The molecule has 1 nitrogen and oxygen atoms in total. The number of hydrogen-bond donors (Lipinski definition) is 1. The second kappa shape index (κ2) is 6.48. The first kappa shape index (κ1) is 13.8. The standard InChI is InChI=1S/C17H20FN/c1-3-11-19-13(2)14-7-9-15(10-8-14)16-5-4-6-17(18)12-16/h4-10,12-13,19H,3,11H2,1-2H3. The summed E-state index contributed by atoms with van der Waals surface area (Å²) in [7, 11) is 0. The third-order valence-corrected chi connectivity index (χ3v) is 3.27. The molecule has 1 unspecified atom stereocenters. The Bertz CT molecular complexity index is 519. The Morgan fingerprint density at radius 1 is 1.05 bits per heavy atom. The van der Waals surface area contributed by atoms with Crippen LogP contribution in [0, 0.1) is 5.82 Å². The van der Waals surface area contributed by atoms with Crippen LogP contribution < -0.4 is 5.32 Å². The van der Waals surface area contributed by atoms with E-state index < -0.39 is 0 Å². The minimum Gasteiger partial charge on any atom is -0.310 e. The summed E-state index contributed by atoms with van der Waals surface area (Å²) in [5.74, 6) is -0.195. The Morgan fingerprint density at radius 2 is 1.79 bits per heavy atom. The Kier molecular flexibility index (Phi) is 4.69. The summed E-state index contributed by atoms with van der Waals surface area (Å²) in [6.45, 7) is 5.34. The average Bonchev–Trinajstić information content (AvgIpc) is 2.45. The molecule has 2 heteroatoms. The minimum atomic E-state index is -0.195. The molecule has 0 aromatic heterocycles. The number of rotatable bonds is 5. The molecule has 0 aliphatic rings. The SMILES string of the molecule is CCCNC(C)c1ccc(-c2cccc(F)c2)cc1. The van der Waals surface area contributed by atoms with Crippen LogP contribution >= 0.6 is 0 Å². The summed E-state index contributed by atoms with van der Waals surface area (Å²) >= 11 is 0. The van der Waals surface area contributed by atoms with Crippen LogP contribution in [0.25, 0.3) is 11.1 Å². The van der Waals surface area contributed by atoms with E-state index >= 15 is 0 Å². The molecule has 0 saturated heterocycles. The normalized spacial score (nSPS) is 12.4. The zero-order valence-corrected chi connectivity index (χ0v) is 11.5. The highest BCUT2D eigenvalue weighted by Gasteiger charge is 2.04. The van der Waals surface area contributed by atoms with Crippen molar-refractivity contribution in [3.05, 3.63) is 59.9 Å². The Labute approximate surface area is 114 Å². The maximum atomic E-state index is 13.2. The smallest absolute Gasteiger partial charge is 0.123 e. The summed E-state index contributed by atoms with van der Waals surface area (Å²) in [4.78, 5) is 0. The molecule has 0 amide bonds. The van der Waals surface area contributed by atoms with Gasteiger partial charge in [-0.25, -0.2) is 4.39 Å². The fraction of sp³-hybridized carbons (Fsp3) is 0.294.